The average molecular weight is 251 g/mol. The number of ether oxygens (including phenoxy) is 1. The molecule has 0 saturated carbocycles. The highest BCUT2D eigenvalue weighted by Crippen LogP contribution is 2.32. The number of hydrogen-bond donors (Lipinski definition) is 1. The minimum absolute atomic E-state index is 0.0287. The lowest BCUT2D eigenvalue weighted by Gasteiger charge is -2.06. The lowest BCUT2D eigenvalue weighted by molar-refractivity contribution is -0.140. The van der Waals surface area contributed by atoms with Crippen LogP contribution < -0.4 is 5.32 Å². The smallest absolute Gasteiger partial charge is 0.306 e. The number of methoxy groups -OCH3 is 1. The molecule has 0 atom stereocenters. The topological polar surface area (TPSA) is 55.4 Å². The van der Waals surface area contributed by atoms with Gasteiger partial charge in [-0.05, 0) is 17.7 Å². The summed E-state index contributed by atoms with van der Waals surface area (Å²) < 4.78 is 4.58. The minimum atomic E-state index is -0.209. The van der Waals surface area contributed by atoms with Crippen molar-refractivity contribution in [2.45, 2.75) is 17.7 Å². The number of thioether (sulfide) groups is 1. The van der Waals surface area contributed by atoms with Crippen LogP contribution >= 0.6 is 11.8 Å². The summed E-state index contributed by atoms with van der Waals surface area (Å²) in [5.74, 6) is 0.484. The molecular formula is C12H13NO3S. The Bertz CT molecular complexity index is 459. The third-order valence-electron chi connectivity index (χ3n) is 2.54. The fourth-order valence-electron chi connectivity index (χ4n) is 1.70. The molecule has 1 aliphatic rings. The third-order valence-corrected chi connectivity index (χ3v) is 3.64. The number of benzene rings is 1. The van der Waals surface area contributed by atoms with Gasteiger partial charge in [0.1, 0.15) is 0 Å². The summed E-state index contributed by atoms with van der Waals surface area (Å²) in [4.78, 5) is 23.3. The first-order valence-electron chi connectivity index (χ1n) is 5.32. The maximum Gasteiger partial charge on any atom is 0.306 e. The Balaban J connectivity index is 2.00. The molecule has 90 valence electrons. The molecule has 0 saturated heterocycles. The zero-order chi connectivity index (χ0) is 12.3. The van der Waals surface area contributed by atoms with Crippen molar-refractivity contribution in [1.29, 1.82) is 0 Å². The summed E-state index contributed by atoms with van der Waals surface area (Å²) >= 11 is 1.58. The summed E-state index contributed by atoms with van der Waals surface area (Å²) in [6.07, 6.45) is 0.808. The maximum absolute atomic E-state index is 11.3. The molecule has 1 aromatic carbocycles. The average Bonchev–Trinajstić information content (AvgIpc) is 2.70. The van der Waals surface area contributed by atoms with Crippen molar-refractivity contribution in [2.75, 3.05) is 18.2 Å². The minimum Gasteiger partial charge on any atom is -0.469 e. The molecule has 1 aromatic rings. The maximum atomic E-state index is 11.3. The van der Waals surface area contributed by atoms with Crippen molar-refractivity contribution < 1.29 is 14.3 Å². The number of nitrogens with one attached hydrogen (secondary N) is 1. The molecular weight excluding hydrogens is 238 g/mol. The van der Waals surface area contributed by atoms with Crippen LogP contribution in [0.25, 0.3) is 0 Å². The van der Waals surface area contributed by atoms with E-state index in [1.807, 2.05) is 18.2 Å². The fraction of sp³-hybridized carbons (Fsp3) is 0.333. The monoisotopic (exact) mass is 251 g/mol. The van der Waals surface area contributed by atoms with Crippen LogP contribution in [0.3, 0.4) is 0 Å². The van der Waals surface area contributed by atoms with Gasteiger partial charge in [0.25, 0.3) is 0 Å². The second-order valence-corrected chi connectivity index (χ2v) is 4.82. The van der Waals surface area contributed by atoms with Crippen molar-refractivity contribution in [3.63, 3.8) is 0 Å². The van der Waals surface area contributed by atoms with Gasteiger partial charge >= 0.3 is 5.97 Å². The van der Waals surface area contributed by atoms with Crippen molar-refractivity contribution in [2.24, 2.45) is 0 Å². The van der Waals surface area contributed by atoms with Crippen molar-refractivity contribution in [3.8, 4) is 0 Å². The lowest BCUT2D eigenvalue weighted by Crippen LogP contribution is -2.03. The standard InChI is InChI=1S/C12H13NO3S/c1-16-12(15)5-6-17-10-4-2-3-9-8(10)7-11(14)13-9/h2-4H,5-7H2,1H3,(H,13,14). The molecule has 0 bridgehead atoms. The van der Waals surface area contributed by atoms with Crippen LogP contribution in [0.2, 0.25) is 0 Å². The Morgan fingerprint density at radius 1 is 1.53 bits per heavy atom. The number of rotatable bonds is 4. The molecule has 5 heteroatoms. The molecule has 2 rings (SSSR count). The van der Waals surface area contributed by atoms with E-state index < -0.39 is 0 Å². The molecule has 0 aliphatic carbocycles. The molecule has 17 heavy (non-hydrogen) atoms. The lowest BCUT2D eigenvalue weighted by atomic mass is 10.2. The van der Waals surface area contributed by atoms with Gasteiger partial charge in [-0.3, -0.25) is 9.59 Å². The molecule has 0 unspecified atom stereocenters. The van der Waals surface area contributed by atoms with Crippen molar-refractivity contribution >= 4 is 29.3 Å². The van der Waals surface area contributed by atoms with Crippen LogP contribution in [0.15, 0.2) is 23.1 Å². The number of anilines is 1. The number of esters is 1. The van der Waals surface area contributed by atoms with Gasteiger partial charge in [-0.25, -0.2) is 0 Å². The molecule has 0 radical (unpaired) electrons. The Hall–Kier alpha value is -1.49. The number of carbonyl (C=O) groups is 2. The van der Waals surface area contributed by atoms with Crippen molar-refractivity contribution in [3.05, 3.63) is 23.8 Å². The molecule has 4 nitrogen and oxygen atoms in total. The fourth-order valence-corrected chi connectivity index (χ4v) is 2.72. The summed E-state index contributed by atoms with van der Waals surface area (Å²) in [5.41, 5.74) is 1.92. The zero-order valence-electron chi connectivity index (χ0n) is 9.49. The normalized spacial score (nSPS) is 13.1. The van der Waals surface area contributed by atoms with Gasteiger partial charge in [0.15, 0.2) is 0 Å². The largest absolute Gasteiger partial charge is 0.469 e. The zero-order valence-corrected chi connectivity index (χ0v) is 10.3. The molecule has 0 spiro atoms. The summed E-state index contributed by atoms with van der Waals surface area (Å²) in [5, 5.41) is 2.80. The number of hydrogen-bond acceptors (Lipinski definition) is 4. The quantitative estimate of drug-likeness (QED) is 0.655. The molecule has 0 aromatic heterocycles. The molecule has 0 fully saturated rings. The summed E-state index contributed by atoms with van der Waals surface area (Å²) in [7, 11) is 1.38. The van der Waals surface area contributed by atoms with E-state index in [4.69, 9.17) is 0 Å². The SMILES string of the molecule is COC(=O)CCSc1cccc2c1CC(=O)N2. The second kappa shape index (κ2) is 5.23. The Morgan fingerprint density at radius 2 is 2.35 bits per heavy atom. The highest BCUT2D eigenvalue weighted by Gasteiger charge is 2.20. The first-order valence-corrected chi connectivity index (χ1v) is 6.30. The van der Waals surface area contributed by atoms with Gasteiger partial charge in [-0.1, -0.05) is 6.07 Å². The van der Waals surface area contributed by atoms with Gasteiger partial charge in [0, 0.05) is 16.3 Å². The van der Waals surface area contributed by atoms with E-state index in [9.17, 15) is 9.59 Å². The Labute approximate surface area is 104 Å². The molecule has 1 N–H and O–H groups in total. The van der Waals surface area contributed by atoms with Gasteiger partial charge < -0.3 is 10.1 Å². The highest BCUT2D eigenvalue weighted by atomic mass is 32.2. The number of fused-ring (bicyclic) bond motifs is 1. The number of carbonyl (C=O) groups excluding carboxylic acids is 2. The highest BCUT2D eigenvalue weighted by molar-refractivity contribution is 7.99. The van der Waals surface area contributed by atoms with Crippen LogP contribution in [-0.2, 0) is 20.7 Å². The molecule has 1 amide bonds. The van der Waals surface area contributed by atoms with E-state index >= 15 is 0 Å². The predicted octanol–water partition coefficient (Wildman–Crippen LogP) is 1.84. The molecule has 1 heterocycles. The van der Waals surface area contributed by atoms with E-state index in [-0.39, 0.29) is 11.9 Å². The molecule has 1 aliphatic heterocycles. The Kier molecular flexibility index (Phi) is 3.68. The van der Waals surface area contributed by atoms with Crippen LogP contribution in [0.5, 0.6) is 0 Å². The first-order chi connectivity index (χ1) is 8.20. The van der Waals surface area contributed by atoms with Gasteiger partial charge in [-0.15, -0.1) is 11.8 Å². The Morgan fingerprint density at radius 3 is 3.12 bits per heavy atom. The van der Waals surface area contributed by atoms with Gasteiger partial charge in [0.05, 0.1) is 20.0 Å². The van der Waals surface area contributed by atoms with E-state index in [0.29, 0.717) is 18.6 Å². The van der Waals surface area contributed by atoms with E-state index in [2.05, 4.69) is 10.1 Å². The van der Waals surface area contributed by atoms with Crippen LogP contribution in [0.4, 0.5) is 5.69 Å². The van der Waals surface area contributed by atoms with E-state index in [1.165, 1.54) is 7.11 Å². The predicted molar refractivity (Wildman–Crippen MR) is 66.1 cm³/mol. The van der Waals surface area contributed by atoms with Crippen LogP contribution in [0.1, 0.15) is 12.0 Å². The van der Waals surface area contributed by atoms with Crippen LogP contribution in [-0.4, -0.2) is 24.7 Å². The van der Waals surface area contributed by atoms with Crippen LogP contribution in [0, 0.1) is 0 Å². The van der Waals surface area contributed by atoms with E-state index in [0.717, 1.165) is 16.1 Å². The summed E-state index contributed by atoms with van der Waals surface area (Å²) in [6.45, 7) is 0. The van der Waals surface area contributed by atoms with Crippen molar-refractivity contribution in [1.82, 2.24) is 0 Å². The summed E-state index contributed by atoms with van der Waals surface area (Å²) in [6, 6.07) is 5.77. The third kappa shape index (κ3) is 2.79. The van der Waals surface area contributed by atoms with Gasteiger partial charge in [0.2, 0.25) is 5.91 Å². The first kappa shape index (κ1) is 12.0. The van der Waals surface area contributed by atoms with Gasteiger partial charge in [-0.2, -0.15) is 0 Å². The number of amides is 1. The van der Waals surface area contributed by atoms with E-state index in [1.54, 1.807) is 11.8 Å². The second-order valence-electron chi connectivity index (χ2n) is 3.68.